The van der Waals surface area contributed by atoms with E-state index in [1.807, 2.05) is 0 Å². The molecule has 21 heavy (non-hydrogen) atoms. The van der Waals surface area contributed by atoms with Gasteiger partial charge in [0, 0.05) is 20.1 Å². The lowest BCUT2D eigenvalue weighted by Gasteiger charge is -2.31. The van der Waals surface area contributed by atoms with Crippen LogP contribution in [0.2, 0.25) is 0 Å². The van der Waals surface area contributed by atoms with Crippen molar-refractivity contribution < 1.29 is 18.9 Å². The van der Waals surface area contributed by atoms with E-state index >= 15 is 0 Å². The summed E-state index contributed by atoms with van der Waals surface area (Å²) in [6.45, 7) is 0.397. The first kappa shape index (κ1) is 14.7. The maximum atomic E-state index is 13.3. The van der Waals surface area contributed by atoms with E-state index in [0.717, 1.165) is 6.07 Å². The minimum Gasteiger partial charge on any atom is -0.396 e. The molecule has 9 heteroatoms. The molecule has 1 aromatic carbocycles. The molecule has 1 fully saturated rings. The summed E-state index contributed by atoms with van der Waals surface area (Å²) >= 11 is 0. The first-order valence-corrected chi connectivity index (χ1v) is 6.08. The Labute approximate surface area is 119 Å². The number of nitro benzene ring substituents is 1. The van der Waals surface area contributed by atoms with E-state index in [1.165, 1.54) is 9.80 Å². The van der Waals surface area contributed by atoms with Gasteiger partial charge < -0.3 is 15.5 Å². The molecule has 0 bridgehead atoms. The predicted octanol–water partition coefficient (Wildman–Crippen LogP) is 0.230. The number of benzene rings is 1. The van der Waals surface area contributed by atoms with E-state index in [4.69, 9.17) is 5.73 Å². The van der Waals surface area contributed by atoms with E-state index in [2.05, 4.69) is 0 Å². The maximum Gasteiger partial charge on any atom is 0.285 e. The van der Waals surface area contributed by atoms with E-state index in [-0.39, 0.29) is 30.2 Å². The highest BCUT2D eigenvalue weighted by molar-refractivity contribution is 6.01. The average molecular weight is 296 g/mol. The minimum absolute atomic E-state index is 0.177. The van der Waals surface area contributed by atoms with Gasteiger partial charge >= 0.3 is 0 Å². The summed E-state index contributed by atoms with van der Waals surface area (Å²) in [5.74, 6) is -1.95. The third-order valence-electron chi connectivity index (χ3n) is 3.29. The van der Waals surface area contributed by atoms with Crippen molar-refractivity contribution in [2.45, 2.75) is 0 Å². The van der Waals surface area contributed by atoms with Crippen LogP contribution in [0.3, 0.4) is 0 Å². The number of likely N-dealkylation sites (N-methyl/N-ethyl adjacent to an activating group) is 1. The third-order valence-corrected chi connectivity index (χ3v) is 3.29. The second-order valence-electron chi connectivity index (χ2n) is 4.69. The molecule has 1 aliphatic heterocycles. The number of hydrogen-bond acceptors (Lipinski definition) is 5. The molecule has 1 aliphatic rings. The molecule has 2 amide bonds. The standard InChI is InChI=1S/C12H13FN4O4/c1-15-2-3-16(6-11(15)18)12(19)7-4-9(14)8(13)5-10(7)17(20)21/h4-5H,2-3,6,14H2,1H3. The molecule has 2 N–H and O–H groups in total. The van der Waals surface area contributed by atoms with Crippen LogP contribution in [0.4, 0.5) is 15.8 Å². The van der Waals surface area contributed by atoms with Crippen molar-refractivity contribution in [2.75, 3.05) is 32.4 Å². The fraction of sp³-hybridized carbons (Fsp3) is 0.333. The lowest BCUT2D eigenvalue weighted by atomic mass is 10.1. The Bertz CT molecular complexity index is 634. The number of anilines is 1. The Balaban J connectivity index is 2.37. The van der Waals surface area contributed by atoms with Gasteiger partial charge in [0.05, 0.1) is 16.7 Å². The number of amides is 2. The largest absolute Gasteiger partial charge is 0.396 e. The van der Waals surface area contributed by atoms with Crippen LogP contribution >= 0.6 is 0 Å². The first-order valence-electron chi connectivity index (χ1n) is 6.08. The maximum absolute atomic E-state index is 13.3. The fourth-order valence-electron chi connectivity index (χ4n) is 2.00. The van der Waals surface area contributed by atoms with Gasteiger partial charge in [0.15, 0.2) is 5.82 Å². The van der Waals surface area contributed by atoms with Crippen LogP contribution in [-0.4, -0.2) is 53.2 Å². The van der Waals surface area contributed by atoms with Crippen LogP contribution < -0.4 is 5.73 Å². The lowest BCUT2D eigenvalue weighted by molar-refractivity contribution is -0.385. The van der Waals surface area contributed by atoms with Crippen molar-refractivity contribution in [1.29, 1.82) is 0 Å². The SMILES string of the molecule is CN1CCN(C(=O)c2cc(N)c(F)cc2[N+](=O)[O-])CC1=O. The van der Waals surface area contributed by atoms with Crippen LogP contribution in [0.5, 0.6) is 0 Å². The highest BCUT2D eigenvalue weighted by atomic mass is 19.1. The van der Waals surface area contributed by atoms with Crippen molar-refractivity contribution in [3.05, 3.63) is 33.6 Å². The second-order valence-corrected chi connectivity index (χ2v) is 4.69. The van der Waals surface area contributed by atoms with Crippen LogP contribution in [0.15, 0.2) is 12.1 Å². The van der Waals surface area contributed by atoms with E-state index < -0.39 is 22.3 Å². The van der Waals surface area contributed by atoms with Gasteiger partial charge in [-0.15, -0.1) is 0 Å². The first-order chi connectivity index (χ1) is 9.81. The zero-order valence-electron chi connectivity index (χ0n) is 11.2. The van der Waals surface area contributed by atoms with Gasteiger partial charge in [-0.3, -0.25) is 19.7 Å². The van der Waals surface area contributed by atoms with E-state index in [9.17, 15) is 24.1 Å². The average Bonchev–Trinajstić information content (AvgIpc) is 2.43. The van der Waals surface area contributed by atoms with Crippen LogP contribution in [0.1, 0.15) is 10.4 Å². The Morgan fingerprint density at radius 1 is 1.43 bits per heavy atom. The Morgan fingerprint density at radius 2 is 2.10 bits per heavy atom. The Morgan fingerprint density at radius 3 is 2.67 bits per heavy atom. The molecule has 112 valence electrons. The number of hydrogen-bond donors (Lipinski definition) is 1. The van der Waals surface area contributed by atoms with Gasteiger partial charge in [0.1, 0.15) is 12.1 Å². The van der Waals surface area contributed by atoms with Gasteiger partial charge in [-0.1, -0.05) is 0 Å². The summed E-state index contributed by atoms with van der Waals surface area (Å²) in [5.41, 5.74) is 4.01. The molecule has 0 unspecified atom stereocenters. The molecular weight excluding hydrogens is 283 g/mol. The van der Waals surface area contributed by atoms with Gasteiger partial charge in [0.2, 0.25) is 5.91 Å². The number of nitro groups is 1. The predicted molar refractivity (Wildman–Crippen MR) is 71.0 cm³/mol. The number of piperazine rings is 1. The van der Waals surface area contributed by atoms with Crippen LogP contribution in [0.25, 0.3) is 0 Å². The Kier molecular flexibility index (Phi) is 3.74. The molecular formula is C12H13FN4O4. The molecule has 2 rings (SSSR count). The van der Waals surface area contributed by atoms with E-state index in [1.54, 1.807) is 7.05 Å². The molecule has 0 spiro atoms. The lowest BCUT2D eigenvalue weighted by Crippen LogP contribution is -2.50. The number of nitrogens with two attached hydrogens (primary N) is 1. The minimum atomic E-state index is -0.965. The monoisotopic (exact) mass is 296 g/mol. The summed E-state index contributed by atoms with van der Waals surface area (Å²) in [6.07, 6.45) is 0. The van der Waals surface area contributed by atoms with Crippen LogP contribution in [0, 0.1) is 15.9 Å². The molecule has 1 aromatic rings. The van der Waals surface area contributed by atoms with Crippen LogP contribution in [-0.2, 0) is 4.79 Å². The smallest absolute Gasteiger partial charge is 0.285 e. The summed E-state index contributed by atoms with van der Waals surface area (Å²) < 4.78 is 13.3. The number of nitrogen functional groups attached to an aromatic ring is 1. The second kappa shape index (κ2) is 5.35. The van der Waals surface area contributed by atoms with Gasteiger partial charge in [-0.2, -0.15) is 0 Å². The highest BCUT2D eigenvalue weighted by Crippen LogP contribution is 2.26. The number of rotatable bonds is 2. The summed E-state index contributed by atoms with van der Waals surface area (Å²) in [5, 5.41) is 10.9. The zero-order chi connectivity index (χ0) is 15.7. The summed E-state index contributed by atoms with van der Waals surface area (Å²) in [6, 6.07) is 1.54. The number of nitrogens with zero attached hydrogens (tertiary/aromatic N) is 3. The Hall–Kier alpha value is -2.71. The van der Waals surface area contributed by atoms with Crippen molar-refractivity contribution in [3.63, 3.8) is 0 Å². The molecule has 0 aliphatic carbocycles. The van der Waals surface area contributed by atoms with Crippen molar-refractivity contribution in [3.8, 4) is 0 Å². The van der Waals surface area contributed by atoms with Gasteiger partial charge in [0.25, 0.3) is 11.6 Å². The molecule has 1 heterocycles. The molecule has 0 saturated carbocycles. The fourth-order valence-corrected chi connectivity index (χ4v) is 2.00. The zero-order valence-corrected chi connectivity index (χ0v) is 11.2. The van der Waals surface area contributed by atoms with Crippen molar-refractivity contribution >= 4 is 23.2 Å². The molecule has 8 nitrogen and oxygen atoms in total. The highest BCUT2D eigenvalue weighted by Gasteiger charge is 2.30. The van der Waals surface area contributed by atoms with Gasteiger partial charge in [-0.25, -0.2) is 4.39 Å². The topological polar surface area (TPSA) is 110 Å². The third kappa shape index (κ3) is 2.76. The van der Waals surface area contributed by atoms with Crippen molar-refractivity contribution in [2.24, 2.45) is 0 Å². The molecule has 0 radical (unpaired) electrons. The molecule has 0 atom stereocenters. The normalized spacial score (nSPS) is 15.2. The number of halogens is 1. The molecule has 0 aromatic heterocycles. The summed E-state index contributed by atoms with van der Waals surface area (Å²) in [4.78, 5) is 36.6. The summed E-state index contributed by atoms with van der Waals surface area (Å²) in [7, 11) is 1.60. The van der Waals surface area contributed by atoms with Gasteiger partial charge in [-0.05, 0) is 6.07 Å². The van der Waals surface area contributed by atoms with E-state index in [0.29, 0.717) is 12.6 Å². The number of carbonyl (C=O) groups excluding carboxylic acids is 2. The number of carbonyl (C=O) groups is 2. The molecule has 1 saturated heterocycles. The van der Waals surface area contributed by atoms with Crippen molar-refractivity contribution in [1.82, 2.24) is 9.80 Å². The quantitative estimate of drug-likeness (QED) is 0.477.